The molecular weight excluding hydrogens is 428 g/mol. The molecule has 0 saturated carbocycles. The third-order valence-electron chi connectivity index (χ3n) is 6.25. The van der Waals surface area contributed by atoms with E-state index in [1.165, 1.54) is 5.69 Å². The summed E-state index contributed by atoms with van der Waals surface area (Å²) >= 11 is 0. The van der Waals surface area contributed by atoms with Gasteiger partial charge in [0.25, 0.3) is 5.91 Å². The maximum Gasteiger partial charge on any atom is 0.254 e. The fourth-order valence-electron chi connectivity index (χ4n) is 4.38. The van der Waals surface area contributed by atoms with Crippen LogP contribution < -0.4 is 10.2 Å². The van der Waals surface area contributed by atoms with Crippen molar-refractivity contribution in [1.29, 1.82) is 5.26 Å². The van der Waals surface area contributed by atoms with Crippen LogP contribution in [-0.4, -0.2) is 59.7 Å². The molecular formula is C26H26N6O2. The Morgan fingerprint density at radius 2 is 1.79 bits per heavy atom. The van der Waals surface area contributed by atoms with Gasteiger partial charge >= 0.3 is 0 Å². The van der Waals surface area contributed by atoms with Crippen LogP contribution in [0.1, 0.15) is 23.2 Å². The molecule has 2 saturated heterocycles. The van der Waals surface area contributed by atoms with Crippen LogP contribution in [0.15, 0.2) is 60.8 Å². The van der Waals surface area contributed by atoms with E-state index in [1.807, 2.05) is 30.3 Å². The summed E-state index contributed by atoms with van der Waals surface area (Å²) in [6.07, 6.45) is 3.33. The first-order valence-corrected chi connectivity index (χ1v) is 11.5. The zero-order valence-corrected chi connectivity index (χ0v) is 18.9. The molecule has 0 unspecified atom stereocenters. The summed E-state index contributed by atoms with van der Waals surface area (Å²) in [5.74, 6) is 0.409. The van der Waals surface area contributed by atoms with Gasteiger partial charge in [0.05, 0.1) is 25.0 Å². The number of likely N-dealkylation sites (tertiary alicyclic amines) is 1. The van der Waals surface area contributed by atoms with Crippen LogP contribution in [-0.2, 0) is 4.74 Å². The molecule has 1 atom stereocenters. The third kappa shape index (κ3) is 4.70. The first kappa shape index (κ1) is 21.9. The second-order valence-corrected chi connectivity index (χ2v) is 8.40. The van der Waals surface area contributed by atoms with E-state index in [0.717, 1.165) is 56.1 Å². The van der Waals surface area contributed by atoms with Crippen LogP contribution in [0, 0.1) is 11.3 Å². The quantitative estimate of drug-likeness (QED) is 0.626. The number of morpholine rings is 1. The van der Waals surface area contributed by atoms with Crippen molar-refractivity contribution >= 4 is 23.2 Å². The van der Waals surface area contributed by atoms with Crippen molar-refractivity contribution in [3.05, 3.63) is 66.4 Å². The standard InChI is InChI=1S/C26H26N6O2/c27-18-23-2-1-13-32(23)25(33)20-5-3-19(4-6-20)24-11-12-28-26(30-24)29-21-7-9-22(10-8-21)31-14-16-34-17-15-31/h3-12,23H,1-2,13-17H2,(H,28,29,30)/t23-/m1/s1. The molecule has 2 aromatic carbocycles. The minimum atomic E-state index is -0.328. The Morgan fingerprint density at radius 1 is 1.03 bits per heavy atom. The first-order valence-electron chi connectivity index (χ1n) is 11.5. The van der Waals surface area contributed by atoms with Gasteiger partial charge in [-0.1, -0.05) is 12.1 Å². The van der Waals surface area contributed by atoms with Crippen LogP contribution in [0.3, 0.4) is 0 Å². The number of nitrogens with one attached hydrogen (secondary N) is 1. The molecule has 3 heterocycles. The van der Waals surface area contributed by atoms with Crippen molar-refractivity contribution < 1.29 is 9.53 Å². The van der Waals surface area contributed by atoms with Crippen molar-refractivity contribution in [2.45, 2.75) is 18.9 Å². The molecule has 34 heavy (non-hydrogen) atoms. The number of nitriles is 1. The Bertz CT molecular complexity index is 1180. The SMILES string of the molecule is N#C[C@H]1CCCN1C(=O)c1ccc(-c2ccnc(Nc3ccc(N4CCOCC4)cc3)n2)cc1. The van der Waals surface area contributed by atoms with Gasteiger partial charge in [0, 0.05) is 48.3 Å². The lowest BCUT2D eigenvalue weighted by Crippen LogP contribution is -2.36. The minimum absolute atomic E-state index is 0.0961. The summed E-state index contributed by atoms with van der Waals surface area (Å²) in [5.41, 5.74) is 4.32. The lowest BCUT2D eigenvalue weighted by atomic mass is 10.1. The summed E-state index contributed by atoms with van der Waals surface area (Å²) in [7, 11) is 0. The van der Waals surface area contributed by atoms with Gasteiger partial charge in [-0.25, -0.2) is 9.97 Å². The molecule has 8 nitrogen and oxygen atoms in total. The average molecular weight is 455 g/mol. The molecule has 1 N–H and O–H groups in total. The highest BCUT2D eigenvalue weighted by Crippen LogP contribution is 2.24. The number of ether oxygens (including phenoxy) is 1. The predicted octanol–water partition coefficient (Wildman–Crippen LogP) is 3.85. The van der Waals surface area contributed by atoms with Gasteiger partial charge in [-0.3, -0.25) is 4.79 Å². The number of nitrogens with zero attached hydrogens (tertiary/aromatic N) is 5. The third-order valence-corrected chi connectivity index (χ3v) is 6.25. The molecule has 0 bridgehead atoms. The molecule has 8 heteroatoms. The summed E-state index contributed by atoms with van der Waals surface area (Å²) in [6.45, 7) is 3.95. The molecule has 2 aliphatic heterocycles. The van der Waals surface area contributed by atoms with Crippen LogP contribution in [0.5, 0.6) is 0 Å². The van der Waals surface area contributed by atoms with Crippen LogP contribution in [0.25, 0.3) is 11.3 Å². The summed E-state index contributed by atoms with van der Waals surface area (Å²) in [6, 6.07) is 19.3. The molecule has 2 aliphatic rings. The Labute approximate surface area is 198 Å². The second-order valence-electron chi connectivity index (χ2n) is 8.40. The van der Waals surface area contributed by atoms with Gasteiger partial charge in [0.15, 0.2) is 0 Å². The van der Waals surface area contributed by atoms with E-state index in [2.05, 4.69) is 38.4 Å². The molecule has 0 spiro atoms. The van der Waals surface area contributed by atoms with E-state index in [-0.39, 0.29) is 11.9 Å². The van der Waals surface area contributed by atoms with Gasteiger partial charge in [-0.2, -0.15) is 5.26 Å². The van der Waals surface area contributed by atoms with E-state index in [9.17, 15) is 10.1 Å². The number of carbonyl (C=O) groups excluding carboxylic acids is 1. The van der Waals surface area contributed by atoms with E-state index in [1.54, 1.807) is 23.2 Å². The Hall–Kier alpha value is -3.96. The first-order chi connectivity index (χ1) is 16.7. The van der Waals surface area contributed by atoms with Crippen LogP contribution in [0.4, 0.5) is 17.3 Å². The van der Waals surface area contributed by atoms with E-state index >= 15 is 0 Å². The second kappa shape index (κ2) is 9.89. The summed E-state index contributed by atoms with van der Waals surface area (Å²) in [5, 5.41) is 12.5. The number of benzene rings is 2. The van der Waals surface area contributed by atoms with Crippen molar-refractivity contribution in [2.75, 3.05) is 43.1 Å². The molecule has 1 amide bonds. The largest absolute Gasteiger partial charge is 0.378 e. The highest BCUT2D eigenvalue weighted by molar-refractivity contribution is 5.95. The van der Waals surface area contributed by atoms with Crippen LogP contribution >= 0.6 is 0 Å². The molecule has 3 aromatic rings. The number of carbonyl (C=O) groups is 1. The zero-order chi connectivity index (χ0) is 23.3. The minimum Gasteiger partial charge on any atom is -0.378 e. The zero-order valence-electron chi connectivity index (χ0n) is 18.9. The van der Waals surface area contributed by atoms with Gasteiger partial charge < -0.3 is 19.9 Å². The Kier molecular flexibility index (Phi) is 6.36. The molecule has 0 radical (unpaired) electrons. The topological polar surface area (TPSA) is 94.4 Å². The lowest BCUT2D eigenvalue weighted by molar-refractivity contribution is 0.0765. The smallest absolute Gasteiger partial charge is 0.254 e. The molecule has 5 rings (SSSR count). The van der Waals surface area contributed by atoms with Crippen LogP contribution in [0.2, 0.25) is 0 Å². The Balaban J connectivity index is 1.26. The molecule has 172 valence electrons. The molecule has 0 aliphatic carbocycles. The number of aromatic nitrogens is 2. The Morgan fingerprint density at radius 3 is 2.53 bits per heavy atom. The average Bonchev–Trinajstić information content (AvgIpc) is 3.39. The van der Waals surface area contributed by atoms with Crippen molar-refractivity contribution in [3.63, 3.8) is 0 Å². The van der Waals surface area contributed by atoms with Gasteiger partial charge in [0.2, 0.25) is 5.95 Å². The van der Waals surface area contributed by atoms with Crippen molar-refractivity contribution in [3.8, 4) is 17.3 Å². The maximum absolute atomic E-state index is 12.8. The number of hydrogen-bond acceptors (Lipinski definition) is 7. The lowest BCUT2D eigenvalue weighted by Gasteiger charge is -2.28. The number of hydrogen-bond donors (Lipinski definition) is 1. The predicted molar refractivity (Wildman–Crippen MR) is 130 cm³/mol. The monoisotopic (exact) mass is 454 g/mol. The summed E-state index contributed by atoms with van der Waals surface area (Å²) in [4.78, 5) is 25.7. The fraction of sp³-hybridized carbons (Fsp3) is 0.308. The number of anilines is 3. The number of amides is 1. The molecule has 1 aromatic heterocycles. The van der Waals surface area contributed by atoms with Gasteiger partial charge in [-0.05, 0) is 55.3 Å². The van der Waals surface area contributed by atoms with E-state index < -0.39 is 0 Å². The van der Waals surface area contributed by atoms with Gasteiger partial charge in [0.1, 0.15) is 6.04 Å². The normalized spacial score (nSPS) is 17.9. The molecule has 2 fully saturated rings. The highest BCUT2D eigenvalue weighted by Gasteiger charge is 2.29. The van der Waals surface area contributed by atoms with Crippen molar-refractivity contribution in [1.82, 2.24) is 14.9 Å². The fourth-order valence-corrected chi connectivity index (χ4v) is 4.38. The highest BCUT2D eigenvalue weighted by atomic mass is 16.5. The van der Waals surface area contributed by atoms with E-state index in [0.29, 0.717) is 18.1 Å². The van der Waals surface area contributed by atoms with Gasteiger partial charge in [-0.15, -0.1) is 0 Å². The number of rotatable bonds is 5. The summed E-state index contributed by atoms with van der Waals surface area (Å²) < 4.78 is 5.42. The van der Waals surface area contributed by atoms with E-state index in [4.69, 9.17) is 4.74 Å². The maximum atomic E-state index is 12.8. The van der Waals surface area contributed by atoms with Crippen molar-refractivity contribution in [2.24, 2.45) is 0 Å².